The second-order valence-electron chi connectivity index (χ2n) is 8.55. The van der Waals surface area contributed by atoms with E-state index in [0.29, 0.717) is 22.3 Å². The molecule has 0 unspecified atom stereocenters. The van der Waals surface area contributed by atoms with Crippen LogP contribution in [0.1, 0.15) is 5.82 Å². The van der Waals surface area contributed by atoms with Gasteiger partial charge in [0.1, 0.15) is 0 Å². The maximum atomic E-state index is 12.4. The molecule has 0 amide bonds. The number of sulfone groups is 1. The minimum atomic E-state index is -3.50. The van der Waals surface area contributed by atoms with Gasteiger partial charge >= 0.3 is 0 Å². The summed E-state index contributed by atoms with van der Waals surface area (Å²) in [6, 6.07) is 15.3. The van der Waals surface area contributed by atoms with Gasteiger partial charge in [0.15, 0.2) is 15.7 Å². The number of hydrogen-bond donors (Lipinski definition) is 2. The molecule has 176 valence electrons. The summed E-state index contributed by atoms with van der Waals surface area (Å²) in [4.78, 5) is 17.2. The molecule has 0 saturated carbocycles. The first-order valence-electron chi connectivity index (χ1n) is 10.9. The normalized spacial score (nSPS) is 16.1. The van der Waals surface area contributed by atoms with Gasteiger partial charge in [0.2, 0.25) is 5.95 Å². The summed E-state index contributed by atoms with van der Waals surface area (Å²) in [6.07, 6.45) is 2.75. The Hall–Kier alpha value is -3.14. The number of H-pyrrole nitrogens is 1. The fourth-order valence-corrected chi connectivity index (χ4v) is 5.05. The van der Waals surface area contributed by atoms with Crippen molar-refractivity contribution >= 4 is 59.9 Å². The minimum absolute atomic E-state index is 0.133. The van der Waals surface area contributed by atoms with Crippen molar-refractivity contribution in [3.63, 3.8) is 0 Å². The highest BCUT2D eigenvalue weighted by Crippen LogP contribution is 2.26. The van der Waals surface area contributed by atoms with Gasteiger partial charge < -0.3 is 20.1 Å². The third-order valence-electron chi connectivity index (χ3n) is 5.96. The van der Waals surface area contributed by atoms with Crippen molar-refractivity contribution in [1.29, 1.82) is 0 Å². The molecule has 8 nitrogen and oxygen atoms in total. The Morgan fingerprint density at radius 1 is 0.971 bits per heavy atom. The highest BCUT2D eigenvalue weighted by atomic mass is 35.5. The summed E-state index contributed by atoms with van der Waals surface area (Å²) < 4.78 is 24.8. The lowest BCUT2D eigenvalue weighted by molar-refractivity contribution is 0.313. The number of rotatable bonds is 2. The maximum Gasteiger partial charge on any atom is 0.206 e. The monoisotopic (exact) mass is 496 g/mol. The molecule has 0 spiro atoms. The average molecular weight is 497 g/mol. The topological polar surface area (TPSA) is 94.2 Å². The number of halogens is 1. The van der Waals surface area contributed by atoms with E-state index in [1.165, 1.54) is 6.26 Å². The minimum Gasteiger partial charge on any atom is -0.368 e. The van der Waals surface area contributed by atoms with Gasteiger partial charge in [-0.2, -0.15) is 0 Å². The first kappa shape index (κ1) is 22.6. The zero-order valence-corrected chi connectivity index (χ0v) is 20.5. The standard InChI is InChI=1S/C24H25ClN6O2S/c1-30-9-11-31(12-10-30)21-7-6-18-14-17(21)5-3-16-4-8-22(34(2,32)33)20(13-16)28-23-19(25)15-26-24(27-18)29-23/h3-8,13-15H,9-12H2,1-2H3,(H2,26,27,28,29). The highest BCUT2D eigenvalue weighted by Gasteiger charge is 2.16. The lowest BCUT2D eigenvalue weighted by Crippen LogP contribution is -2.44. The van der Waals surface area contributed by atoms with Crippen LogP contribution in [0.2, 0.25) is 0 Å². The number of nitrogens with zero attached hydrogens (tertiary/aromatic N) is 4. The lowest BCUT2D eigenvalue weighted by atomic mass is 10.1. The Morgan fingerprint density at radius 3 is 2.50 bits per heavy atom. The molecule has 10 heteroatoms. The Labute approximate surface area is 203 Å². The van der Waals surface area contributed by atoms with Crippen molar-refractivity contribution in [3.8, 4) is 0 Å². The van der Waals surface area contributed by atoms with E-state index in [0.717, 1.165) is 48.2 Å². The summed E-state index contributed by atoms with van der Waals surface area (Å²) in [5.74, 6) is 0.764. The summed E-state index contributed by atoms with van der Waals surface area (Å²) in [7, 11) is -1.36. The van der Waals surface area contributed by atoms with E-state index in [1.807, 2.05) is 24.3 Å². The summed E-state index contributed by atoms with van der Waals surface area (Å²) >= 11 is 6.35. The van der Waals surface area contributed by atoms with E-state index in [9.17, 15) is 8.42 Å². The molecule has 6 bridgehead atoms. The third kappa shape index (κ3) is 4.72. The zero-order chi connectivity index (χ0) is 23.9. The van der Waals surface area contributed by atoms with Crippen molar-refractivity contribution in [2.75, 3.05) is 49.7 Å². The van der Waals surface area contributed by atoms with Gasteiger partial charge in [-0.3, -0.25) is 0 Å². The molecule has 5 rings (SSSR count). The van der Waals surface area contributed by atoms with Crippen LogP contribution in [-0.2, 0) is 9.84 Å². The predicted octanol–water partition coefficient (Wildman–Crippen LogP) is 3.92. The molecule has 34 heavy (non-hydrogen) atoms. The van der Waals surface area contributed by atoms with E-state index >= 15 is 0 Å². The van der Waals surface area contributed by atoms with Gasteiger partial charge in [0.05, 0.1) is 21.0 Å². The van der Waals surface area contributed by atoms with E-state index in [4.69, 9.17) is 11.6 Å². The lowest BCUT2D eigenvalue weighted by Gasteiger charge is -2.34. The van der Waals surface area contributed by atoms with E-state index in [-0.39, 0.29) is 4.90 Å². The number of fused-ring (bicyclic) bond motifs is 6. The molecule has 3 aromatic rings. The fourth-order valence-electron chi connectivity index (χ4n) is 4.10. The van der Waals surface area contributed by atoms with Gasteiger partial charge in [-0.05, 0) is 48.2 Å². The average Bonchev–Trinajstić information content (AvgIpc) is 2.80. The smallest absolute Gasteiger partial charge is 0.206 e. The Balaban J connectivity index is 1.80. The molecule has 1 saturated heterocycles. The van der Waals surface area contributed by atoms with Gasteiger partial charge in [-0.15, -0.1) is 0 Å². The number of aromatic amines is 1. The van der Waals surface area contributed by atoms with Crippen molar-refractivity contribution in [2.24, 2.45) is 0 Å². The molecule has 2 aliphatic rings. The summed E-state index contributed by atoms with van der Waals surface area (Å²) in [5, 5.41) is 5.20. The van der Waals surface area contributed by atoms with Crippen LogP contribution in [0, 0.1) is 0 Å². The predicted molar refractivity (Wildman–Crippen MR) is 138 cm³/mol. The molecule has 1 fully saturated rings. The highest BCUT2D eigenvalue weighted by molar-refractivity contribution is 7.91. The van der Waals surface area contributed by atoms with Gasteiger partial charge in [-0.1, -0.05) is 29.8 Å². The number of aromatic nitrogens is 3. The summed E-state index contributed by atoms with van der Waals surface area (Å²) in [5.41, 5.74) is 2.21. The van der Waals surface area contributed by atoms with Crippen LogP contribution in [0.3, 0.4) is 0 Å². The van der Waals surface area contributed by atoms with Gasteiger partial charge in [-0.25, -0.2) is 18.4 Å². The van der Waals surface area contributed by atoms with Crippen LogP contribution in [0.15, 0.2) is 59.6 Å². The SMILES string of the molecule is CN1CCN(c2ccc3cc2ccc2ccc(S(C)(=O)=O)c(c2)nc2[nH]c(n3)NC=C2Cl)CC1. The van der Waals surface area contributed by atoms with E-state index in [2.05, 4.69) is 43.2 Å². The van der Waals surface area contributed by atoms with Crippen molar-refractivity contribution in [2.45, 2.75) is 4.90 Å². The molecule has 2 N–H and O–H groups in total. The van der Waals surface area contributed by atoms with Crippen LogP contribution in [0.4, 0.5) is 11.6 Å². The van der Waals surface area contributed by atoms with Crippen LogP contribution in [-0.4, -0.2) is 67.8 Å². The molecule has 0 atom stereocenters. The number of benzene rings is 2. The second-order valence-corrected chi connectivity index (χ2v) is 10.9. The Kier molecular flexibility index (Phi) is 5.93. The largest absolute Gasteiger partial charge is 0.368 e. The molecule has 2 aromatic carbocycles. The Bertz CT molecular complexity index is 1510. The summed E-state index contributed by atoms with van der Waals surface area (Å²) in [6.45, 7) is 3.90. The number of nitrogens with one attached hydrogen (secondary N) is 2. The molecule has 0 aliphatic carbocycles. The fraction of sp³-hybridized carbons (Fsp3) is 0.250. The molecule has 3 heterocycles. The first-order valence-corrected chi connectivity index (χ1v) is 13.2. The van der Waals surface area contributed by atoms with Gasteiger partial charge in [0.25, 0.3) is 0 Å². The second kappa shape index (κ2) is 8.90. The maximum absolute atomic E-state index is 12.4. The number of piperazine rings is 1. The first-order chi connectivity index (χ1) is 16.3. The van der Waals surface area contributed by atoms with E-state index < -0.39 is 9.84 Å². The van der Waals surface area contributed by atoms with Crippen LogP contribution < -0.4 is 10.2 Å². The number of likely N-dealkylation sites (N-methyl/N-ethyl adjacent to an activating group) is 1. The van der Waals surface area contributed by atoms with Crippen LogP contribution in [0.5, 0.6) is 0 Å². The zero-order valence-electron chi connectivity index (χ0n) is 18.9. The quantitative estimate of drug-likeness (QED) is 0.555. The van der Waals surface area contributed by atoms with E-state index in [1.54, 1.807) is 24.4 Å². The third-order valence-corrected chi connectivity index (χ3v) is 7.40. The molecule has 1 aromatic heterocycles. The molecular formula is C24H25ClN6O2S. The van der Waals surface area contributed by atoms with Crippen LogP contribution >= 0.6 is 11.6 Å². The van der Waals surface area contributed by atoms with Gasteiger partial charge in [0, 0.05) is 44.3 Å². The van der Waals surface area contributed by atoms with Crippen molar-refractivity contribution in [1.82, 2.24) is 19.9 Å². The Morgan fingerprint density at radius 2 is 1.74 bits per heavy atom. The van der Waals surface area contributed by atoms with Crippen molar-refractivity contribution in [3.05, 3.63) is 60.6 Å². The molecule has 0 radical (unpaired) electrons. The number of anilines is 2. The van der Waals surface area contributed by atoms with Crippen molar-refractivity contribution < 1.29 is 8.42 Å². The molecular weight excluding hydrogens is 472 g/mol. The van der Waals surface area contributed by atoms with Crippen LogP contribution in [0.25, 0.3) is 26.8 Å². The molecule has 2 aliphatic heterocycles. The number of hydrogen-bond acceptors (Lipinski definition) is 7.